The molecule has 0 aliphatic heterocycles. The number of hydrogen-bond acceptors (Lipinski definition) is 5. The Morgan fingerprint density at radius 2 is 2.10 bits per heavy atom. The molecule has 21 heavy (non-hydrogen) atoms. The number of nitrogens with one attached hydrogen (secondary N) is 1. The minimum Gasteiger partial charge on any atom is -0.444 e. The standard InChI is InChI=1S/C15H19N5O/c1-4-12-8-17-14(21-12)9-16-6-11-5-13-10(2)19-20(3)15(13)18-7-11/h5,7-8,16H,4,6,9H2,1-3H3. The van der Waals surface area contributed by atoms with Crippen LogP contribution in [-0.4, -0.2) is 19.7 Å². The van der Waals surface area contributed by atoms with E-state index >= 15 is 0 Å². The number of aryl methyl sites for hydroxylation is 3. The summed E-state index contributed by atoms with van der Waals surface area (Å²) in [6.07, 6.45) is 4.53. The summed E-state index contributed by atoms with van der Waals surface area (Å²) in [6.45, 7) is 5.39. The van der Waals surface area contributed by atoms with Gasteiger partial charge >= 0.3 is 0 Å². The molecule has 0 aromatic carbocycles. The Morgan fingerprint density at radius 3 is 2.86 bits per heavy atom. The fraction of sp³-hybridized carbons (Fsp3) is 0.400. The molecule has 0 aliphatic rings. The number of fused-ring (bicyclic) bond motifs is 1. The molecular weight excluding hydrogens is 266 g/mol. The van der Waals surface area contributed by atoms with E-state index in [1.165, 1.54) is 0 Å². The quantitative estimate of drug-likeness (QED) is 0.777. The molecule has 3 rings (SSSR count). The number of rotatable bonds is 5. The second-order valence-corrected chi connectivity index (χ2v) is 5.10. The van der Waals surface area contributed by atoms with Crippen LogP contribution < -0.4 is 5.32 Å². The van der Waals surface area contributed by atoms with Crippen LogP contribution in [0.2, 0.25) is 0 Å². The molecule has 0 aliphatic carbocycles. The molecule has 0 fully saturated rings. The van der Waals surface area contributed by atoms with Gasteiger partial charge in [0.25, 0.3) is 0 Å². The molecule has 0 unspecified atom stereocenters. The Hall–Kier alpha value is -2.21. The van der Waals surface area contributed by atoms with Gasteiger partial charge in [-0.3, -0.25) is 4.68 Å². The highest BCUT2D eigenvalue weighted by molar-refractivity contribution is 5.78. The summed E-state index contributed by atoms with van der Waals surface area (Å²) in [5.41, 5.74) is 3.04. The van der Waals surface area contributed by atoms with E-state index in [2.05, 4.69) is 33.4 Å². The molecular formula is C15H19N5O. The van der Waals surface area contributed by atoms with E-state index in [1.807, 2.05) is 20.2 Å². The van der Waals surface area contributed by atoms with Crippen molar-refractivity contribution in [2.75, 3.05) is 0 Å². The highest BCUT2D eigenvalue weighted by Gasteiger charge is 2.07. The van der Waals surface area contributed by atoms with Crippen LogP contribution in [0.4, 0.5) is 0 Å². The first-order chi connectivity index (χ1) is 10.2. The molecule has 0 saturated heterocycles. The molecule has 3 heterocycles. The van der Waals surface area contributed by atoms with E-state index in [-0.39, 0.29) is 0 Å². The van der Waals surface area contributed by atoms with Crippen molar-refractivity contribution in [1.82, 2.24) is 25.1 Å². The van der Waals surface area contributed by atoms with Gasteiger partial charge in [0, 0.05) is 31.6 Å². The molecule has 0 radical (unpaired) electrons. The Morgan fingerprint density at radius 1 is 1.24 bits per heavy atom. The van der Waals surface area contributed by atoms with Crippen molar-refractivity contribution in [2.45, 2.75) is 33.4 Å². The summed E-state index contributed by atoms with van der Waals surface area (Å²) >= 11 is 0. The monoisotopic (exact) mass is 285 g/mol. The second-order valence-electron chi connectivity index (χ2n) is 5.10. The average molecular weight is 285 g/mol. The molecule has 3 aromatic heterocycles. The van der Waals surface area contributed by atoms with Crippen LogP contribution in [0.1, 0.15) is 29.8 Å². The Kier molecular flexibility index (Phi) is 3.70. The zero-order chi connectivity index (χ0) is 14.8. The van der Waals surface area contributed by atoms with Crippen LogP contribution >= 0.6 is 0 Å². The van der Waals surface area contributed by atoms with Gasteiger partial charge in [0.2, 0.25) is 5.89 Å². The minimum atomic E-state index is 0.615. The highest BCUT2D eigenvalue weighted by Crippen LogP contribution is 2.16. The van der Waals surface area contributed by atoms with Gasteiger partial charge < -0.3 is 9.73 Å². The van der Waals surface area contributed by atoms with Crippen LogP contribution in [-0.2, 0) is 26.6 Å². The number of hydrogen-bond donors (Lipinski definition) is 1. The smallest absolute Gasteiger partial charge is 0.208 e. The summed E-state index contributed by atoms with van der Waals surface area (Å²) in [4.78, 5) is 8.69. The van der Waals surface area contributed by atoms with E-state index < -0.39 is 0 Å². The van der Waals surface area contributed by atoms with Crippen molar-refractivity contribution in [1.29, 1.82) is 0 Å². The topological polar surface area (TPSA) is 68.8 Å². The van der Waals surface area contributed by atoms with Gasteiger partial charge in [-0.25, -0.2) is 9.97 Å². The molecule has 0 bridgehead atoms. The lowest BCUT2D eigenvalue weighted by Crippen LogP contribution is -2.13. The van der Waals surface area contributed by atoms with Gasteiger partial charge in [0.05, 0.1) is 18.4 Å². The third-order valence-corrected chi connectivity index (χ3v) is 3.47. The maximum atomic E-state index is 5.56. The average Bonchev–Trinajstić information content (AvgIpc) is 3.05. The second kappa shape index (κ2) is 5.65. The normalized spacial score (nSPS) is 11.4. The summed E-state index contributed by atoms with van der Waals surface area (Å²) in [7, 11) is 1.91. The lowest BCUT2D eigenvalue weighted by molar-refractivity contribution is 0.439. The molecule has 0 amide bonds. The van der Waals surface area contributed by atoms with Crippen molar-refractivity contribution in [3.05, 3.63) is 41.4 Å². The lowest BCUT2D eigenvalue weighted by Gasteiger charge is -2.03. The van der Waals surface area contributed by atoms with E-state index in [1.54, 1.807) is 10.9 Å². The Balaban J connectivity index is 1.66. The third-order valence-electron chi connectivity index (χ3n) is 3.47. The van der Waals surface area contributed by atoms with Crippen molar-refractivity contribution in [3.63, 3.8) is 0 Å². The predicted octanol–water partition coefficient (Wildman–Crippen LogP) is 2.12. The SMILES string of the molecule is CCc1cnc(CNCc2cnc3c(c2)c(C)nn3C)o1. The Labute approximate surface area is 123 Å². The maximum absolute atomic E-state index is 5.56. The van der Waals surface area contributed by atoms with Crippen LogP contribution in [0, 0.1) is 6.92 Å². The van der Waals surface area contributed by atoms with Crippen LogP contribution in [0.3, 0.4) is 0 Å². The van der Waals surface area contributed by atoms with E-state index in [0.29, 0.717) is 6.54 Å². The zero-order valence-electron chi connectivity index (χ0n) is 12.6. The molecule has 110 valence electrons. The highest BCUT2D eigenvalue weighted by atomic mass is 16.4. The Bertz CT molecular complexity index is 759. The van der Waals surface area contributed by atoms with E-state index in [0.717, 1.165) is 46.9 Å². The molecule has 6 nitrogen and oxygen atoms in total. The number of pyridine rings is 1. The summed E-state index contributed by atoms with van der Waals surface area (Å²) in [5, 5.41) is 8.80. The largest absolute Gasteiger partial charge is 0.444 e. The first-order valence-electron chi connectivity index (χ1n) is 7.10. The molecule has 6 heteroatoms. The van der Waals surface area contributed by atoms with Gasteiger partial charge in [-0.1, -0.05) is 6.92 Å². The zero-order valence-corrected chi connectivity index (χ0v) is 12.6. The molecule has 1 N–H and O–H groups in total. The van der Waals surface area contributed by atoms with Gasteiger partial charge in [0.1, 0.15) is 5.76 Å². The van der Waals surface area contributed by atoms with Crippen molar-refractivity contribution >= 4 is 11.0 Å². The van der Waals surface area contributed by atoms with E-state index in [9.17, 15) is 0 Å². The predicted molar refractivity (Wildman–Crippen MR) is 79.7 cm³/mol. The summed E-state index contributed by atoms with van der Waals surface area (Å²) < 4.78 is 7.37. The molecule has 0 saturated carbocycles. The molecule has 0 atom stereocenters. The van der Waals surface area contributed by atoms with E-state index in [4.69, 9.17) is 4.42 Å². The van der Waals surface area contributed by atoms with Crippen LogP contribution in [0.25, 0.3) is 11.0 Å². The minimum absolute atomic E-state index is 0.615. The first kappa shape index (κ1) is 13.8. The van der Waals surface area contributed by atoms with Crippen molar-refractivity contribution in [3.8, 4) is 0 Å². The molecule has 3 aromatic rings. The van der Waals surface area contributed by atoms with Crippen LogP contribution in [0.5, 0.6) is 0 Å². The van der Waals surface area contributed by atoms with Crippen molar-refractivity contribution < 1.29 is 4.42 Å². The van der Waals surface area contributed by atoms with Crippen molar-refractivity contribution in [2.24, 2.45) is 7.05 Å². The summed E-state index contributed by atoms with van der Waals surface area (Å²) in [6, 6.07) is 2.13. The first-order valence-corrected chi connectivity index (χ1v) is 7.10. The van der Waals surface area contributed by atoms with Gasteiger partial charge in [-0.15, -0.1) is 0 Å². The number of nitrogens with zero attached hydrogens (tertiary/aromatic N) is 4. The number of oxazole rings is 1. The van der Waals surface area contributed by atoms with Gasteiger partial charge in [0.15, 0.2) is 5.65 Å². The van der Waals surface area contributed by atoms with Gasteiger partial charge in [-0.2, -0.15) is 5.10 Å². The summed E-state index contributed by atoms with van der Waals surface area (Å²) in [5.74, 6) is 1.64. The third kappa shape index (κ3) is 2.80. The fourth-order valence-corrected chi connectivity index (χ4v) is 2.35. The number of aromatic nitrogens is 4. The van der Waals surface area contributed by atoms with Gasteiger partial charge in [-0.05, 0) is 18.6 Å². The van der Waals surface area contributed by atoms with Crippen LogP contribution in [0.15, 0.2) is 22.9 Å². The molecule has 0 spiro atoms. The lowest BCUT2D eigenvalue weighted by atomic mass is 10.2. The maximum Gasteiger partial charge on any atom is 0.208 e. The fourth-order valence-electron chi connectivity index (χ4n) is 2.35.